The highest BCUT2D eigenvalue weighted by atomic mass is 35.5. The molecule has 0 aromatic carbocycles. The van der Waals surface area contributed by atoms with E-state index in [0.29, 0.717) is 17.3 Å². The van der Waals surface area contributed by atoms with E-state index in [1.54, 1.807) is 6.07 Å². The number of hydrogen-bond donors (Lipinski definition) is 3. The van der Waals surface area contributed by atoms with Gasteiger partial charge < -0.3 is 15.7 Å². The highest BCUT2D eigenvalue weighted by Crippen LogP contribution is 2.20. The number of carboxylic acid groups (broad SMARTS) is 1. The zero-order chi connectivity index (χ0) is 14.4. The molecular weight excluding hydrogens is 288 g/mol. The zero-order valence-corrected chi connectivity index (χ0v) is 12.3. The number of hydrogen-bond acceptors (Lipinski definition) is 3. The second kappa shape index (κ2) is 7.35. The SMILES string of the molecule is CC(C)C[C@H](NC(=O)NCc1ccc(Cl)s1)C(=O)O. The van der Waals surface area contributed by atoms with Gasteiger partial charge in [0, 0.05) is 4.88 Å². The Hall–Kier alpha value is -1.27. The first-order valence-corrected chi connectivity index (χ1v) is 7.09. The summed E-state index contributed by atoms with van der Waals surface area (Å²) in [6.45, 7) is 4.14. The predicted octanol–water partition coefficient (Wildman–Crippen LogP) is 2.70. The van der Waals surface area contributed by atoms with E-state index in [2.05, 4.69) is 10.6 Å². The lowest BCUT2D eigenvalue weighted by Gasteiger charge is -2.16. The minimum absolute atomic E-state index is 0.192. The number of urea groups is 1. The molecule has 19 heavy (non-hydrogen) atoms. The van der Waals surface area contributed by atoms with Crippen molar-refractivity contribution >= 4 is 34.9 Å². The first-order chi connectivity index (χ1) is 8.88. The average molecular weight is 305 g/mol. The van der Waals surface area contributed by atoms with E-state index in [0.717, 1.165) is 4.88 Å². The molecule has 106 valence electrons. The third-order valence-corrected chi connectivity index (χ3v) is 3.59. The lowest BCUT2D eigenvalue weighted by Crippen LogP contribution is -2.46. The molecule has 0 aliphatic rings. The van der Waals surface area contributed by atoms with E-state index in [9.17, 15) is 9.59 Å². The standard InChI is InChI=1S/C12H17ClN2O3S/c1-7(2)5-9(11(16)17)15-12(18)14-6-8-3-4-10(13)19-8/h3-4,7,9H,5-6H2,1-2H3,(H,16,17)(H2,14,15,18)/t9-/m0/s1. The quantitative estimate of drug-likeness (QED) is 0.756. The first kappa shape index (κ1) is 15.8. The lowest BCUT2D eigenvalue weighted by molar-refractivity contribution is -0.139. The van der Waals surface area contributed by atoms with Crippen molar-refractivity contribution in [3.8, 4) is 0 Å². The number of carbonyl (C=O) groups excluding carboxylic acids is 1. The lowest BCUT2D eigenvalue weighted by atomic mass is 10.0. The highest BCUT2D eigenvalue weighted by Gasteiger charge is 2.20. The zero-order valence-electron chi connectivity index (χ0n) is 10.8. The van der Waals surface area contributed by atoms with Gasteiger partial charge >= 0.3 is 12.0 Å². The topological polar surface area (TPSA) is 78.4 Å². The van der Waals surface area contributed by atoms with Gasteiger partial charge in [0.15, 0.2) is 0 Å². The molecule has 1 aromatic rings. The van der Waals surface area contributed by atoms with Crippen molar-refractivity contribution in [2.75, 3.05) is 0 Å². The van der Waals surface area contributed by atoms with Gasteiger partial charge in [0.2, 0.25) is 0 Å². The molecule has 0 unspecified atom stereocenters. The van der Waals surface area contributed by atoms with Gasteiger partial charge in [0.25, 0.3) is 0 Å². The molecule has 0 bridgehead atoms. The van der Waals surface area contributed by atoms with Crippen LogP contribution in [0.2, 0.25) is 4.34 Å². The number of aliphatic carboxylic acids is 1. The van der Waals surface area contributed by atoms with Crippen LogP contribution in [0.3, 0.4) is 0 Å². The van der Waals surface area contributed by atoms with E-state index >= 15 is 0 Å². The Balaban J connectivity index is 2.42. The Morgan fingerprint density at radius 1 is 1.42 bits per heavy atom. The molecular formula is C12H17ClN2O3S. The van der Waals surface area contributed by atoms with E-state index in [4.69, 9.17) is 16.7 Å². The molecule has 0 fully saturated rings. The smallest absolute Gasteiger partial charge is 0.326 e. The van der Waals surface area contributed by atoms with Crippen molar-refractivity contribution in [2.24, 2.45) is 5.92 Å². The summed E-state index contributed by atoms with van der Waals surface area (Å²) < 4.78 is 0.653. The first-order valence-electron chi connectivity index (χ1n) is 5.90. The highest BCUT2D eigenvalue weighted by molar-refractivity contribution is 7.16. The molecule has 0 radical (unpaired) electrons. The molecule has 5 nitrogen and oxygen atoms in total. The van der Waals surface area contributed by atoms with Crippen LogP contribution in [0.4, 0.5) is 4.79 Å². The minimum Gasteiger partial charge on any atom is -0.480 e. The Morgan fingerprint density at radius 2 is 2.11 bits per heavy atom. The van der Waals surface area contributed by atoms with Crippen LogP contribution in [0.25, 0.3) is 0 Å². The van der Waals surface area contributed by atoms with Gasteiger partial charge in [-0.2, -0.15) is 0 Å². The minimum atomic E-state index is -1.02. The molecule has 0 spiro atoms. The third-order valence-electron chi connectivity index (χ3n) is 2.36. The summed E-state index contributed by atoms with van der Waals surface area (Å²) in [4.78, 5) is 23.5. The maximum atomic E-state index is 11.6. The number of carbonyl (C=O) groups is 2. The molecule has 1 aromatic heterocycles. The molecule has 0 saturated carbocycles. The van der Waals surface area contributed by atoms with Crippen molar-refractivity contribution in [2.45, 2.75) is 32.9 Å². The van der Waals surface area contributed by atoms with Crippen molar-refractivity contribution in [3.05, 3.63) is 21.3 Å². The fourth-order valence-corrected chi connectivity index (χ4v) is 2.54. The predicted molar refractivity (Wildman–Crippen MR) is 75.6 cm³/mol. The summed E-state index contributed by atoms with van der Waals surface area (Å²) in [6.07, 6.45) is 0.396. The Kier molecular flexibility index (Phi) is 6.11. The fraction of sp³-hybridized carbons (Fsp3) is 0.500. The number of rotatable bonds is 6. The summed E-state index contributed by atoms with van der Waals surface area (Å²) in [5, 5.41) is 14.1. The summed E-state index contributed by atoms with van der Waals surface area (Å²) in [5.74, 6) is -0.833. The van der Waals surface area contributed by atoms with Crippen molar-refractivity contribution in [3.63, 3.8) is 0 Å². The third kappa shape index (κ3) is 5.94. The second-order valence-corrected chi connectivity index (χ2v) is 6.35. The van der Waals surface area contributed by atoms with Crippen molar-refractivity contribution < 1.29 is 14.7 Å². The van der Waals surface area contributed by atoms with Gasteiger partial charge in [-0.15, -0.1) is 11.3 Å². The monoisotopic (exact) mass is 304 g/mol. The molecule has 7 heteroatoms. The second-order valence-electron chi connectivity index (χ2n) is 4.55. The molecule has 0 aliphatic carbocycles. The number of thiophene rings is 1. The summed E-state index contributed by atoms with van der Waals surface area (Å²) in [5.41, 5.74) is 0. The van der Waals surface area contributed by atoms with Crippen LogP contribution in [0.1, 0.15) is 25.1 Å². The Bertz CT molecular complexity index is 448. The largest absolute Gasteiger partial charge is 0.480 e. The van der Waals surface area contributed by atoms with Crippen molar-refractivity contribution in [1.82, 2.24) is 10.6 Å². The van der Waals surface area contributed by atoms with Crippen molar-refractivity contribution in [1.29, 1.82) is 0 Å². The van der Waals surface area contributed by atoms with Crippen LogP contribution in [0.5, 0.6) is 0 Å². The molecule has 2 amide bonds. The van der Waals surface area contributed by atoms with E-state index in [1.165, 1.54) is 11.3 Å². The van der Waals surface area contributed by atoms with Crippen LogP contribution in [-0.2, 0) is 11.3 Å². The summed E-state index contributed by atoms with van der Waals surface area (Å²) >= 11 is 7.14. The fourth-order valence-electron chi connectivity index (χ4n) is 1.52. The van der Waals surface area contributed by atoms with Crippen LogP contribution in [0.15, 0.2) is 12.1 Å². The van der Waals surface area contributed by atoms with Gasteiger partial charge in [-0.05, 0) is 24.5 Å². The molecule has 3 N–H and O–H groups in total. The Morgan fingerprint density at radius 3 is 2.58 bits per heavy atom. The number of halogens is 1. The molecule has 1 heterocycles. The molecule has 0 saturated heterocycles. The van der Waals surface area contributed by atoms with Crippen LogP contribution in [0, 0.1) is 5.92 Å². The van der Waals surface area contributed by atoms with E-state index < -0.39 is 18.0 Å². The van der Waals surface area contributed by atoms with Crippen LogP contribution >= 0.6 is 22.9 Å². The average Bonchev–Trinajstić information content (AvgIpc) is 2.71. The molecule has 1 atom stereocenters. The maximum Gasteiger partial charge on any atom is 0.326 e. The van der Waals surface area contributed by atoms with E-state index in [1.807, 2.05) is 19.9 Å². The molecule has 0 aliphatic heterocycles. The molecule has 1 rings (SSSR count). The maximum absolute atomic E-state index is 11.6. The van der Waals surface area contributed by atoms with Gasteiger partial charge in [-0.3, -0.25) is 0 Å². The van der Waals surface area contributed by atoms with Gasteiger partial charge in [0.05, 0.1) is 10.9 Å². The number of nitrogens with one attached hydrogen (secondary N) is 2. The van der Waals surface area contributed by atoms with Crippen LogP contribution < -0.4 is 10.6 Å². The van der Waals surface area contributed by atoms with Gasteiger partial charge in [-0.1, -0.05) is 25.4 Å². The summed E-state index contributed by atoms with van der Waals surface area (Å²) in [7, 11) is 0. The van der Waals surface area contributed by atoms with Crippen LogP contribution in [-0.4, -0.2) is 23.1 Å². The van der Waals surface area contributed by atoms with Gasteiger partial charge in [-0.25, -0.2) is 9.59 Å². The summed E-state index contributed by atoms with van der Waals surface area (Å²) in [6, 6.07) is 2.21. The van der Waals surface area contributed by atoms with E-state index in [-0.39, 0.29) is 5.92 Å². The number of carboxylic acids is 1. The number of amides is 2. The Labute approximate surface area is 121 Å². The van der Waals surface area contributed by atoms with Gasteiger partial charge in [0.1, 0.15) is 6.04 Å². The normalized spacial score (nSPS) is 12.2.